The number of carbonyl (C=O) groups is 3. The molecule has 0 atom stereocenters. The molecule has 0 radical (unpaired) electrons. The number of ether oxygens (including phenoxy) is 1. The summed E-state index contributed by atoms with van der Waals surface area (Å²) in [7, 11) is 3.78. The number of hydrogen-bond acceptors (Lipinski definition) is 6. The van der Waals surface area contributed by atoms with Gasteiger partial charge < -0.3 is 15.0 Å². The molecule has 0 heterocycles. The Bertz CT molecular complexity index is 902. The molecule has 3 N–H and O–H groups in total. The molecule has 0 spiro atoms. The second-order valence-corrected chi connectivity index (χ2v) is 6.17. The van der Waals surface area contributed by atoms with Gasteiger partial charge in [0.1, 0.15) is 13.2 Å². The third-order valence-electron chi connectivity index (χ3n) is 3.73. The van der Waals surface area contributed by atoms with E-state index in [9.17, 15) is 14.4 Å². The maximum absolute atomic E-state index is 12.0. The number of nitrogens with zero attached hydrogens (tertiary/aromatic N) is 2. The van der Waals surface area contributed by atoms with E-state index in [2.05, 4.69) is 16.2 Å². The maximum Gasteiger partial charge on any atom is 0.269 e. The fourth-order valence-electron chi connectivity index (χ4n) is 2.21. The zero-order valence-corrected chi connectivity index (χ0v) is 16.1. The summed E-state index contributed by atoms with van der Waals surface area (Å²) in [6.45, 7) is -0.742. The molecule has 0 aliphatic rings. The van der Waals surface area contributed by atoms with Crippen molar-refractivity contribution in [3.05, 3.63) is 59.7 Å². The largest absolute Gasteiger partial charge is 0.378 e. The average molecular weight is 395 g/mol. The predicted molar refractivity (Wildman–Crippen MR) is 107 cm³/mol. The molecule has 0 saturated heterocycles. The van der Waals surface area contributed by atoms with E-state index < -0.39 is 24.3 Å². The van der Waals surface area contributed by atoms with E-state index in [4.69, 9.17) is 10.00 Å². The molecule has 0 unspecified atom stereocenters. The molecule has 0 aliphatic heterocycles. The van der Waals surface area contributed by atoms with E-state index >= 15 is 0 Å². The molecule has 2 rings (SSSR count). The molecule has 0 fully saturated rings. The molecule has 0 saturated carbocycles. The van der Waals surface area contributed by atoms with Gasteiger partial charge in [-0.05, 0) is 48.5 Å². The van der Waals surface area contributed by atoms with Gasteiger partial charge in [-0.15, -0.1) is 0 Å². The van der Waals surface area contributed by atoms with E-state index in [1.807, 2.05) is 25.1 Å². The van der Waals surface area contributed by atoms with Crippen molar-refractivity contribution in [2.75, 3.05) is 37.5 Å². The molecule has 3 amide bonds. The molecule has 29 heavy (non-hydrogen) atoms. The van der Waals surface area contributed by atoms with Crippen LogP contribution in [0.5, 0.6) is 0 Å². The highest BCUT2D eigenvalue weighted by Crippen LogP contribution is 2.12. The van der Waals surface area contributed by atoms with Crippen LogP contribution in [0.3, 0.4) is 0 Å². The Morgan fingerprint density at radius 3 is 2.14 bits per heavy atom. The first-order chi connectivity index (χ1) is 13.9. The summed E-state index contributed by atoms with van der Waals surface area (Å²) in [5.74, 6) is -1.52. The Hall–Kier alpha value is -3.90. The van der Waals surface area contributed by atoms with Crippen molar-refractivity contribution >= 4 is 29.1 Å². The number of benzene rings is 2. The fraction of sp³-hybridized carbons (Fsp3) is 0.200. The number of nitrogens with one attached hydrogen (secondary N) is 3. The highest BCUT2D eigenvalue weighted by atomic mass is 16.5. The van der Waals surface area contributed by atoms with Crippen molar-refractivity contribution in [2.24, 2.45) is 0 Å². The summed E-state index contributed by atoms with van der Waals surface area (Å²) in [5.41, 5.74) is 6.81. The molecule has 2 aromatic rings. The van der Waals surface area contributed by atoms with Crippen LogP contribution in [0.4, 0.5) is 11.4 Å². The molecule has 9 heteroatoms. The normalized spacial score (nSPS) is 9.83. The average Bonchev–Trinajstić information content (AvgIpc) is 2.72. The summed E-state index contributed by atoms with van der Waals surface area (Å²) < 4.78 is 5.02. The predicted octanol–water partition coefficient (Wildman–Crippen LogP) is 1.04. The number of hydrazine groups is 1. The van der Waals surface area contributed by atoms with E-state index in [0.717, 1.165) is 5.69 Å². The standard InChI is InChI=1S/C20H21N5O4/c1-25(2)17-9-5-15(6-10-17)20(28)24-23-19(27)13-29-12-18(26)22-16-7-3-14(11-21)4-8-16/h3-10H,12-13H2,1-2H3,(H,22,26)(H,23,27)(H,24,28). The minimum Gasteiger partial charge on any atom is -0.378 e. The van der Waals surface area contributed by atoms with Crippen LogP contribution in [0.15, 0.2) is 48.5 Å². The molecule has 0 bridgehead atoms. The molecular weight excluding hydrogens is 374 g/mol. The van der Waals surface area contributed by atoms with Crippen LogP contribution in [0, 0.1) is 11.3 Å². The van der Waals surface area contributed by atoms with Crippen LogP contribution in [-0.4, -0.2) is 45.0 Å². The molecule has 0 aliphatic carbocycles. The molecule has 0 aromatic heterocycles. The van der Waals surface area contributed by atoms with E-state index in [1.165, 1.54) is 0 Å². The Kier molecular flexibility index (Phi) is 7.70. The maximum atomic E-state index is 12.0. The zero-order valence-electron chi connectivity index (χ0n) is 16.1. The highest BCUT2D eigenvalue weighted by Gasteiger charge is 2.09. The molecule has 9 nitrogen and oxygen atoms in total. The van der Waals surface area contributed by atoms with Crippen LogP contribution < -0.4 is 21.1 Å². The Morgan fingerprint density at radius 1 is 0.931 bits per heavy atom. The lowest BCUT2D eigenvalue weighted by Crippen LogP contribution is -2.43. The minimum atomic E-state index is -0.602. The minimum absolute atomic E-state index is 0.340. The number of carbonyl (C=O) groups excluding carboxylic acids is 3. The van der Waals surface area contributed by atoms with Crippen molar-refractivity contribution < 1.29 is 19.1 Å². The van der Waals surface area contributed by atoms with Crippen LogP contribution in [0.25, 0.3) is 0 Å². The topological polar surface area (TPSA) is 124 Å². The quantitative estimate of drug-likeness (QED) is 0.602. The van der Waals surface area contributed by atoms with Gasteiger partial charge in [-0.25, -0.2) is 0 Å². The van der Waals surface area contributed by atoms with Crippen molar-refractivity contribution in [3.8, 4) is 6.07 Å². The first-order valence-corrected chi connectivity index (χ1v) is 8.63. The summed E-state index contributed by atoms with van der Waals surface area (Å²) in [5, 5.41) is 11.3. The van der Waals surface area contributed by atoms with Gasteiger partial charge in [0.05, 0.1) is 11.6 Å². The van der Waals surface area contributed by atoms with E-state index in [0.29, 0.717) is 16.8 Å². The zero-order chi connectivity index (χ0) is 21.2. The van der Waals surface area contributed by atoms with Gasteiger partial charge in [0.2, 0.25) is 5.91 Å². The van der Waals surface area contributed by atoms with E-state index in [-0.39, 0.29) is 6.61 Å². The number of hydrogen-bond donors (Lipinski definition) is 3. The monoisotopic (exact) mass is 395 g/mol. The van der Waals surface area contributed by atoms with Crippen LogP contribution >= 0.6 is 0 Å². The summed E-state index contributed by atoms with van der Waals surface area (Å²) in [6, 6.07) is 15.1. The van der Waals surface area contributed by atoms with Crippen molar-refractivity contribution in [2.45, 2.75) is 0 Å². The Labute approximate surface area is 168 Å². The van der Waals surface area contributed by atoms with Gasteiger partial charge in [0.15, 0.2) is 0 Å². The Morgan fingerprint density at radius 2 is 1.55 bits per heavy atom. The first kappa shape index (κ1) is 21.4. The summed E-state index contributed by atoms with van der Waals surface area (Å²) >= 11 is 0. The summed E-state index contributed by atoms with van der Waals surface area (Å²) in [4.78, 5) is 37.4. The van der Waals surface area contributed by atoms with Crippen LogP contribution in [0.1, 0.15) is 15.9 Å². The summed E-state index contributed by atoms with van der Waals surface area (Å²) in [6.07, 6.45) is 0. The lowest BCUT2D eigenvalue weighted by molar-refractivity contribution is -0.129. The third-order valence-corrected chi connectivity index (χ3v) is 3.73. The number of amides is 3. The lowest BCUT2D eigenvalue weighted by Gasteiger charge is -2.13. The number of nitriles is 1. The SMILES string of the molecule is CN(C)c1ccc(C(=O)NNC(=O)COCC(=O)Nc2ccc(C#N)cc2)cc1. The van der Waals surface area contributed by atoms with Gasteiger partial charge in [-0.1, -0.05) is 0 Å². The van der Waals surface area contributed by atoms with Gasteiger partial charge in [-0.3, -0.25) is 25.2 Å². The van der Waals surface area contributed by atoms with Gasteiger partial charge in [0, 0.05) is 31.0 Å². The number of anilines is 2. The van der Waals surface area contributed by atoms with Crippen molar-refractivity contribution in [1.82, 2.24) is 10.9 Å². The van der Waals surface area contributed by atoms with Crippen molar-refractivity contribution in [3.63, 3.8) is 0 Å². The highest BCUT2D eigenvalue weighted by molar-refractivity contribution is 5.96. The molecule has 2 aromatic carbocycles. The van der Waals surface area contributed by atoms with Gasteiger partial charge in [0.25, 0.3) is 11.8 Å². The van der Waals surface area contributed by atoms with Gasteiger partial charge >= 0.3 is 0 Å². The second-order valence-electron chi connectivity index (χ2n) is 6.17. The Balaban J connectivity index is 1.67. The van der Waals surface area contributed by atoms with Crippen molar-refractivity contribution in [1.29, 1.82) is 5.26 Å². The molecule has 150 valence electrons. The van der Waals surface area contributed by atoms with Crippen LogP contribution in [0.2, 0.25) is 0 Å². The first-order valence-electron chi connectivity index (χ1n) is 8.63. The molecular formula is C20H21N5O4. The smallest absolute Gasteiger partial charge is 0.269 e. The van der Waals surface area contributed by atoms with E-state index in [1.54, 1.807) is 48.5 Å². The number of rotatable bonds is 7. The lowest BCUT2D eigenvalue weighted by atomic mass is 10.2. The third kappa shape index (κ3) is 6.97. The van der Waals surface area contributed by atoms with Gasteiger partial charge in [-0.2, -0.15) is 5.26 Å². The van der Waals surface area contributed by atoms with Crippen LogP contribution in [-0.2, 0) is 14.3 Å². The fourth-order valence-corrected chi connectivity index (χ4v) is 2.21. The second kappa shape index (κ2) is 10.4.